The molecule has 1 heterocycles. The number of carbonyl (C=O) groups excluding carboxylic acids is 1. The third kappa shape index (κ3) is 4.79. The molecule has 3 aromatic rings. The predicted molar refractivity (Wildman–Crippen MR) is 130 cm³/mol. The number of hydrazine groups is 1. The van der Waals surface area contributed by atoms with E-state index in [4.69, 9.17) is 22.9 Å². The number of rotatable bonds is 3. The number of carbonyl (C=O) groups is 1. The van der Waals surface area contributed by atoms with Crippen molar-refractivity contribution in [3.63, 3.8) is 0 Å². The third-order valence-electron chi connectivity index (χ3n) is 4.88. The summed E-state index contributed by atoms with van der Waals surface area (Å²) in [5.74, 6) is -0.289. The van der Waals surface area contributed by atoms with Gasteiger partial charge in [-0.2, -0.15) is 0 Å². The molecule has 7 heteroatoms. The van der Waals surface area contributed by atoms with Gasteiger partial charge in [-0.05, 0) is 54.4 Å². The van der Waals surface area contributed by atoms with Crippen LogP contribution in [0.5, 0.6) is 0 Å². The Balaban J connectivity index is 2.10. The Morgan fingerprint density at radius 1 is 1.17 bits per heavy atom. The van der Waals surface area contributed by atoms with Crippen LogP contribution in [-0.4, -0.2) is 27.6 Å². The molecule has 0 spiro atoms. The molecule has 0 aliphatic rings. The van der Waals surface area contributed by atoms with Crippen molar-refractivity contribution in [3.8, 4) is 11.3 Å². The molecule has 3 N–H and O–H groups in total. The largest absolute Gasteiger partial charge is 0.375 e. The van der Waals surface area contributed by atoms with Crippen LogP contribution in [0.25, 0.3) is 22.2 Å². The topological polar surface area (TPSA) is 71.2 Å². The van der Waals surface area contributed by atoms with Crippen LogP contribution in [0.15, 0.2) is 53.0 Å². The van der Waals surface area contributed by atoms with E-state index < -0.39 is 0 Å². The van der Waals surface area contributed by atoms with Crippen LogP contribution in [-0.2, 0) is 5.41 Å². The van der Waals surface area contributed by atoms with E-state index in [2.05, 4.69) is 54.3 Å². The Morgan fingerprint density at radius 3 is 2.40 bits per heavy atom. The van der Waals surface area contributed by atoms with Crippen LogP contribution in [0, 0.1) is 0 Å². The van der Waals surface area contributed by atoms with Gasteiger partial charge >= 0.3 is 0 Å². The van der Waals surface area contributed by atoms with E-state index in [0.29, 0.717) is 12.1 Å². The SMILES string of the molecule is CCN(NC(=O)c1cc(-c2ccc(C(C)(C)C)cc2)nc2ccc(Br)cc12)C(N)=S. The number of aromatic nitrogens is 1. The van der Waals surface area contributed by atoms with Crippen molar-refractivity contribution in [2.45, 2.75) is 33.1 Å². The summed E-state index contributed by atoms with van der Waals surface area (Å²) in [7, 11) is 0. The number of amides is 1. The summed E-state index contributed by atoms with van der Waals surface area (Å²) in [6.45, 7) is 8.87. The quantitative estimate of drug-likeness (QED) is 0.396. The summed E-state index contributed by atoms with van der Waals surface area (Å²) in [6, 6.07) is 15.8. The van der Waals surface area contributed by atoms with E-state index >= 15 is 0 Å². The Labute approximate surface area is 190 Å². The lowest BCUT2D eigenvalue weighted by Crippen LogP contribution is -2.48. The lowest BCUT2D eigenvalue weighted by molar-refractivity contribution is 0.0876. The molecule has 5 nitrogen and oxygen atoms in total. The summed E-state index contributed by atoms with van der Waals surface area (Å²) in [4.78, 5) is 17.9. The molecule has 0 unspecified atom stereocenters. The molecule has 0 aliphatic heterocycles. The van der Waals surface area contributed by atoms with Crippen LogP contribution >= 0.6 is 28.1 Å². The lowest BCUT2D eigenvalue weighted by Gasteiger charge is -2.22. The number of benzene rings is 2. The maximum Gasteiger partial charge on any atom is 0.270 e. The second-order valence-corrected chi connectivity index (χ2v) is 9.40. The number of nitrogens with zero attached hydrogens (tertiary/aromatic N) is 2. The standard InChI is InChI=1S/C23H25BrN4OS/c1-5-28(22(25)30)27-21(29)18-13-20(26-19-11-10-16(24)12-17(18)19)14-6-8-15(9-7-14)23(2,3)4/h6-13H,5H2,1-4H3,(H2,25,30)(H,27,29). The average Bonchev–Trinajstić information content (AvgIpc) is 2.70. The fourth-order valence-corrected chi connectivity index (χ4v) is 3.68. The number of fused-ring (bicyclic) bond motifs is 1. The van der Waals surface area contributed by atoms with Crippen molar-refractivity contribution in [3.05, 3.63) is 64.1 Å². The number of halogens is 1. The van der Waals surface area contributed by atoms with Crippen molar-refractivity contribution in [2.75, 3.05) is 6.54 Å². The molecule has 0 saturated heterocycles. The van der Waals surface area contributed by atoms with Gasteiger partial charge in [0.1, 0.15) is 0 Å². The zero-order chi connectivity index (χ0) is 22.1. The number of thiocarbonyl (C=S) groups is 1. The number of pyridine rings is 1. The van der Waals surface area contributed by atoms with Crippen molar-refractivity contribution in [1.29, 1.82) is 0 Å². The van der Waals surface area contributed by atoms with E-state index in [-0.39, 0.29) is 16.4 Å². The summed E-state index contributed by atoms with van der Waals surface area (Å²) >= 11 is 8.50. The normalized spacial score (nSPS) is 11.4. The van der Waals surface area contributed by atoms with Crippen molar-refractivity contribution >= 4 is 50.1 Å². The number of hydrogen-bond acceptors (Lipinski definition) is 3. The first kappa shape index (κ1) is 22.2. The van der Waals surface area contributed by atoms with Gasteiger partial charge in [0.2, 0.25) is 0 Å². The van der Waals surface area contributed by atoms with E-state index in [9.17, 15) is 4.79 Å². The van der Waals surface area contributed by atoms with Crippen LogP contribution in [0.1, 0.15) is 43.6 Å². The lowest BCUT2D eigenvalue weighted by atomic mass is 9.86. The van der Waals surface area contributed by atoms with Gasteiger partial charge in [-0.25, -0.2) is 4.98 Å². The second kappa shape index (κ2) is 8.70. The Bertz CT molecular complexity index is 1110. The summed E-state index contributed by atoms with van der Waals surface area (Å²) in [5.41, 5.74) is 12.7. The maximum absolute atomic E-state index is 13.1. The predicted octanol–water partition coefficient (Wildman–Crippen LogP) is 5.17. The molecule has 156 valence electrons. The molecule has 0 radical (unpaired) electrons. The highest BCUT2D eigenvalue weighted by atomic mass is 79.9. The molecule has 0 saturated carbocycles. The van der Waals surface area contributed by atoms with Crippen LogP contribution < -0.4 is 11.2 Å². The number of hydrogen-bond donors (Lipinski definition) is 2. The third-order valence-corrected chi connectivity index (χ3v) is 5.59. The highest BCUT2D eigenvalue weighted by Crippen LogP contribution is 2.29. The van der Waals surface area contributed by atoms with Gasteiger partial charge < -0.3 is 5.73 Å². The van der Waals surface area contributed by atoms with Gasteiger partial charge in [0.05, 0.1) is 16.8 Å². The highest BCUT2D eigenvalue weighted by molar-refractivity contribution is 9.10. The molecule has 1 amide bonds. The first-order chi connectivity index (χ1) is 14.1. The number of nitrogens with one attached hydrogen (secondary N) is 1. The van der Waals surface area contributed by atoms with Gasteiger partial charge in [0, 0.05) is 22.0 Å². The van der Waals surface area contributed by atoms with Crippen LogP contribution in [0.2, 0.25) is 0 Å². The minimum absolute atomic E-state index is 0.0664. The molecular weight excluding hydrogens is 460 g/mol. The molecule has 0 atom stereocenters. The zero-order valence-corrected chi connectivity index (χ0v) is 19.9. The highest BCUT2D eigenvalue weighted by Gasteiger charge is 2.18. The second-order valence-electron chi connectivity index (χ2n) is 8.07. The summed E-state index contributed by atoms with van der Waals surface area (Å²) in [5, 5.41) is 2.30. The van der Waals surface area contributed by atoms with Crippen LogP contribution in [0.3, 0.4) is 0 Å². The molecular formula is C23H25BrN4OS. The summed E-state index contributed by atoms with van der Waals surface area (Å²) in [6.07, 6.45) is 0. The van der Waals surface area contributed by atoms with Gasteiger partial charge in [0.15, 0.2) is 5.11 Å². The van der Waals surface area contributed by atoms with E-state index in [1.54, 1.807) is 0 Å². The number of nitrogens with two attached hydrogens (primary N) is 1. The minimum atomic E-state index is -0.289. The Morgan fingerprint density at radius 2 is 1.83 bits per heavy atom. The fraction of sp³-hybridized carbons (Fsp3) is 0.261. The monoisotopic (exact) mass is 484 g/mol. The first-order valence-corrected chi connectivity index (χ1v) is 10.9. The zero-order valence-electron chi connectivity index (χ0n) is 17.5. The van der Waals surface area contributed by atoms with Crippen LogP contribution in [0.4, 0.5) is 0 Å². The molecule has 1 aromatic heterocycles. The van der Waals surface area contributed by atoms with E-state index in [1.165, 1.54) is 10.6 Å². The van der Waals surface area contributed by atoms with Gasteiger partial charge in [-0.1, -0.05) is 61.0 Å². The first-order valence-electron chi connectivity index (χ1n) is 9.69. The Kier molecular flexibility index (Phi) is 6.43. The minimum Gasteiger partial charge on any atom is -0.375 e. The van der Waals surface area contributed by atoms with Gasteiger partial charge in [-0.3, -0.25) is 15.2 Å². The molecule has 0 bridgehead atoms. The molecule has 2 aromatic carbocycles. The van der Waals surface area contributed by atoms with Crippen molar-refractivity contribution in [2.24, 2.45) is 5.73 Å². The van der Waals surface area contributed by atoms with Gasteiger partial charge in [-0.15, -0.1) is 0 Å². The molecule has 30 heavy (non-hydrogen) atoms. The Hall–Kier alpha value is -2.51. The molecule has 0 fully saturated rings. The average molecular weight is 485 g/mol. The van der Waals surface area contributed by atoms with Crippen molar-refractivity contribution in [1.82, 2.24) is 15.4 Å². The molecule has 0 aliphatic carbocycles. The maximum atomic E-state index is 13.1. The smallest absolute Gasteiger partial charge is 0.270 e. The van der Waals surface area contributed by atoms with E-state index in [0.717, 1.165) is 26.6 Å². The van der Waals surface area contributed by atoms with E-state index in [1.807, 2.05) is 43.3 Å². The van der Waals surface area contributed by atoms with Crippen molar-refractivity contribution < 1.29 is 4.79 Å². The summed E-state index contributed by atoms with van der Waals surface area (Å²) < 4.78 is 0.870. The fourth-order valence-electron chi connectivity index (χ4n) is 3.15. The molecule has 3 rings (SSSR count). The van der Waals surface area contributed by atoms with Gasteiger partial charge in [0.25, 0.3) is 5.91 Å².